The summed E-state index contributed by atoms with van der Waals surface area (Å²) in [5.41, 5.74) is 0.305. The average molecular weight is 290 g/mol. The Morgan fingerprint density at radius 3 is 2.38 bits per heavy atom. The summed E-state index contributed by atoms with van der Waals surface area (Å²) in [4.78, 5) is 23.2. The molecule has 0 aliphatic rings. The highest BCUT2D eigenvalue weighted by Gasteiger charge is 2.19. The summed E-state index contributed by atoms with van der Waals surface area (Å²) in [6, 6.07) is 8.68. The van der Waals surface area contributed by atoms with Gasteiger partial charge in [0, 0.05) is 0 Å². The van der Waals surface area contributed by atoms with E-state index < -0.39 is 18.0 Å². The number of esters is 2. The molecule has 0 saturated heterocycles. The van der Waals surface area contributed by atoms with Gasteiger partial charge in [0.15, 0.2) is 6.10 Å². The van der Waals surface area contributed by atoms with Gasteiger partial charge in [0.1, 0.15) is 11.5 Å². The van der Waals surface area contributed by atoms with E-state index >= 15 is 0 Å². The first-order valence-corrected chi connectivity index (χ1v) is 6.19. The Labute approximate surface area is 120 Å². The van der Waals surface area contributed by atoms with Crippen molar-refractivity contribution in [3.8, 4) is 5.75 Å². The fourth-order valence-electron chi connectivity index (χ4n) is 1.67. The van der Waals surface area contributed by atoms with Crippen LogP contribution in [0.2, 0.25) is 0 Å². The molecular weight excluding hydrogens is 276 g/mol. The first-order chi connectivity index (χ1) is 10.0. The SMILES string of the molecule is COC(=O)c1ccc([C@@H](C)OC(=O)c2ccc(O)cc2)o1. The number of phenolic OH excluding ortho intramolecular Hbond substituents is 1. The predicted octanol–water partition coefficient (Wildman–Crippen LogP) is 2.69. The van der Waals surface area contributed by atoms with Crippen LogP contribution in [0, 0.1) is 0 Å². The Morgan fingerprint density at radius 1 is 1.10 bits per heavy atom. The van der Waals surface area contributed by atoms with Crippen molar-refractivity contribution in [3.63, 3.8) is 0 Å². The second-order valence-electron chi connectivity index (χ2n) is 4.29. The first kappa shape index (κ1) is 14.6. The van der Waals surface area contributed by atoms with Gasteiger partial charge in [-0.3, -0.25) is 0 Å². The minimum atomic E-state index is -0.662. The van der Waals surface area contributed by atoms with Gasteiger partial charge in [0.2, 0.25) is 5.76 Å². The second-order valence-corrected chi connectivity index (χ2v) is 4.29. The molecule has 0 unspecified atom stereocenters. The lowest BCUT2D eigenvalue weighted by Gasteiger charge is -2.10. The fraction of sp³-hybridized carbons (Fsp3) is 0.200. The van der Waals surface area contributed by atoms with Gasteiger partial charge >= 0.3 is 11.9 Å². The number of carbonyl (C=O) groups is 2. The topological polar surface area (TPSA) is 86.0 Å². The standard InChI is InChI=1S/C15H14O6/c1-9(12-7-8-13(21-12)15(18)19-2)20-14(17)10-3-5-11(16)6-4-10/h3-9,16H,1-2H3/t9-/m1/s1. The Kier molecular flexibility index (Phi) is 4.27. The molecule has 0 saturated carbocycles. The summed E-state index contributed by atoms with van der Waals surface area (Å²) in [6.45, 7) is 1.62. The van der Waals surface area contributed by atoms with Crippen molar-refractivity contribution in [2.45, 2.75) is 13.0 Å². The molecule has 6 heteroatoms. The van der Waals surface area contributed by atoms with E-state index in [1.807, 2.05) is 0 Å². The van der Waals surface area contributed by atoms with E-state index in [2.05, 4.69) is 4.74 Å². The molecular formula is C15H14O6. The van der Waals surface area contributed by atoms with Gasteiger partial charge < -0.3 is 19.0 Å². The Bertz CT molecular complexity index is 640. The monoisotopic (exact) mass is 290 g/mol. The van der Waals surface area contributed by atoms with Crippen molar-refractivity contribution in [3.05, 3.63) is 53.5 Å². The Hall–Kier alpha value is -2.76. The molecule has 0 amide bonds. The first-order valence-electron chi connectivity index (χ1n) is 6.19. The molecule has 1 aromatic carbocycles. The fourth-order valence-corrected chi connectivity index (χ4v) is 1.67. The van der Waals surface area contributed by atoms with E-state index in [0.717, 1.165) is 0 Å². The molecule has 2 aromatic rings. The molecule has 2 rings (SSSR count). The number of carbonyl (C=O) groups excluding carboxylic acids is 2. The van der Waals surface area contributed by atoms with E-state index in [-0.39, 0.29) is 11.5 Å². The third-order valence-electron chi connectivity index (χ3n) is 2.80. The summed E-state index contributed by atoms with van der Waals surface area (Å²) < 4.78 is 15.0. The van der Waals surface area contributed by atoms with Gasteiger partial charge in [0.05, 0.1) is 12.7 Å². The number of aromatic hydroxyl groups is 1. The van der Waals surface area contributed by atoms with E-state index in [1.165, 1.54) is 37.4 Å². The highest BCUT2D eigenvalue weighted by molar-refractivity contribution is 5.89. The molecule has 0 radical (unpaired) electrons. The van der Waals surface area contributed by atoms with Crippen LogP contribution < -0.4 is 0 Å². The van der Waals surface area contributed by atoms with Gasteiger partial charge in [-0.15, -0.1) is 0 Å². The molecule has 0 fully saturated rings. The third-order valence-corrected chi connectivity index (χ3v) is 2.80. The molecule has 21 heavy (non-hydrogen) atoms. The highest BCUT2D eigenvalue weighted by atomic mass is 16.6. The maximum atomic E-state index is 11.9. The van der Waals surface area contributed by atoms with Crippen molar-refractivity contribution in [1.82, 2.24) is 0 Å². The average Bonchev–Trinajstić information content (AvgIpc) is 2.97. The molecule has 1 N–H and O–H groups in total. The molecule has 1 heterocycles. The molecule has 0 aliphatic heterocycles. The van der Waals surface area contributed by atoms with Crippen LogP contribution in [-0.4, -0.2) is 24.2 Å². The lowest BCUT2D eigenvalue weighted by atomic mass is 10.2. The van der Waals surface area contributed by atoms with E-state index in [1.54, 1.807) is 13.0 Å². The highest BCUT2D eigenvalue weighted by Crippen LogP contribution is 2.22. The molecule has 110 valence electrons. The number of furan rings is 1. The largest absolute Gasteiger partial charge is 0.508 e. The normalized spacial score (nSPS) is 11.7. The van der Waals surface area contributed by atoms with Crippen LogP contribution in [0.4, 0.5) is 0 Å². The van der Waals surface area contributed by atoms with E-state index in [4.69, 9.17) is 14.3 Å². The quantitative estimate of drug-likeness (QED) is 0.871. The lowest BCUT2D eigenvalue weighted by molar-refractivity contribution is 0.0285. The zero-order valence-corrected chi connectivity index (χ0v) is 11.5. The van der Waals surface area contributed by atoms with Crippen molar-refractivity contribution in [1.29, 1.82) is 0 Å². The third kappa shape index (κ3) is 3.42. The lowest BCUT2D eigenvalue weighted by Crippen LogP contribution is -2.08. The van der Waals surface area contributed by atoms with Crippen LogP contribution in [0.3, 0.4) is 0 Å². The van der Waals surface area contributed by atoms with Crippen LogP contribution in [0.15, 0.2) is 40.8 Å². The van der Waals surface area contributed by atoms with Gasteiger partial charge in [-0.1, -0.05) is 0 Å². The van der Waals surface area contributed by atoms with Crippen LogP contribution in [0.25, 0.3) is 0 Å². The summed E-state index contributed by atoms with van der Waals surface area (Å²) in [5, 5.41) is 9.17. The van der Waals surface area contributed by atoms with E-state index in [0.29, 0.717) is 11.3 Å². The zero-order chi connectivity index (χ0) is 15.4. The van der Waals surface area contributed by atoms with Crippen LogP contribution >= 0.6 is 0 Å². The summed E-state index contributed by atoms with van der Waals surface area (Å²) in [7, 11) is 1.25. The molecule has 0 aliphatic carbocycles. The van der Waals surface area contributed by atoms with Crippen LogP contribution in [-0.2, 0) is 9.47 Å². The van der Waals surface area contributed by atoms with Gasteiger partial charge in [-0.25, -0.2) is 9.59 Å². The Balaban J connectivity index is 2.05. The number of methoxy groups -OCH3 is 1. The number of hydrogen-bond acceptors (Lipinski definition) is 6. The van der Waals surface area contributed by atoms with E-state index in [9.17, 15) is 9.59 Å². The molecule has 1 atom stereocenters. The number of phenols is 1. The zero-order valence-electron chi connectivity index (χ0n) is 11.5. The van der Waals surface area contributed by atoms with Crippen molar-refractivity contribution in [2.75, 3.05) is 7.11 Å². The smallest absolute Gasteiger partial charge is 0.373 e. The summed E-state index contributed by atoms with van der Waals surface area (Å²) in [5.74, 6) is -0.715. The molecule has 1 aromatic heterocycles. The summed E-state index contributed by atoms with van der Waals surface area (Å²) in [6.07, 6.45) is -0.662. The van der Waals surface area contributed by atoms with Crippen LogP contribution in [0.5, 0.6) is 5.75 Å². The maximum absolute atomic E-state index is 11.9. The molecule has 6 nitrogen and oxygen atoms in total. The van der Waals surface area contributed by atoms with Gasteiger partial charge in [-0.05, 0) is 43.3 Å². The Morgan fingerprint density at radius 2 is 1.76 bits per heavy atom. The van der Waals surface area contributed by atoms with Crippen molar-refractivity contribution >= 4 is 11.9 Å². The number of rotatable bonds is 4. The molecule has 0 bridgehead atoms. The minimum Gasteiger partial charge on any atom is -0.508 e. The predicted molar refractivity (Wildman–Crippen MR) is 72.0 cm³/mol. The number of benzene rings is 1. The second kappa shape index (κ2) is 6.13. The van der Waals surface area contributed by atoms with Gasteiger partial charge in [-0.2, -0.15) is 0 Å². The van der Waals surface area contributed by atoms with Crippen LogP contribution in [0.1, 0.15) is 39.7 Å². The maximum Gasteiger partial charge on any atom is 0.373 e. The van der Waals surface area contributed by atoms with Gasteiger partial charge in [0.25, 0.3) is 0 Å². The van der Waals surface area contributed by atoms with Crippen molar-refractivity contribution in [2.24, 2.45) is 0 Å². The number of hydrogen-bond donors (Lipinski definition) is 1. The molecule has 0 spiro atoms. The number of ether oxygens (including phenoxy) is 2. The van der Waals surface area contributed by atoms with Crippen molar-refractivity contribution < 1.29 is 28.6 Å². The summed E-state index contributed by atoms with van der Waals surface area (Å²) >= 11 is 0. The minimum absolute atomic E-state index is 0.0417.